The zero-order chi connectivity index (χ0) is 17.8. The molecule has 0 heterocycles. The van der Waals surface area contributed by atoms with Crippen LogP contribution in [0.1, 0.15) is 64.5 Å². The average Bonchev–Trinajstić information content (AvgIpc) is 3.43. The van der Waals surface area contributed by atoms with Crippen molar-refractivity contribution < 1.29 is 0 Å². The minimum absolute atomic E-state index is 0.274. The Morgan fingerprint density at radius 3 is 1.70 bits per heavy atom. The van der Waals surface area contributed by atoms with Crippen LogP contribution in [0.3, 0.4) is 0 Å². The summed E-state index contributed by atoms with van der Waals surface area (Å²) in [7, 11) is 0. The van der Waals surface area contributed by atoms with Gasteiger partial charge in [-0.1, -0.05) is 72.8 Å². The lowest BCUT2D eigenvalue weighted by atomic mass is 9.59. The van der Waals surface area contributed by atoms with Crippen molar-refractivity contribution in [2.45, 2.75) is 55.8 Å². The number of benzene rings is 3. The van der Waals surface area contributed by atoms with Gasteiger partial charge in [0.05, 0.1) is 0 Å². The molecule has 0 N–H and O–H groups in total. The summed E-state index contributed by atoms with van der Waals surface area (Å²) in [5, 5.41) is 0. The molecule has 3 aliphatic carbocycles. The summed E-state index contributed by atoms with van der Waals surface area (Å²) in [6.07, 6.45) is 7.68. The normalized spacial score (nSPS) is 28.0. The molecule has 0 aromatic heterocycles. The highest BCUT2D eigenvalue weighted by Crippen LogP contribution is 2.62. The number of aryl methyl sites for hydroxylation is 3. The molecule has 0 fully saturated rings. The Morgan fingerprint density at radius 1 is 0.556 bits per heavy atom. The minimum atomic E-state index is 0.274. The first-order chi connectivity index (χ1) is 13.4. The van der Waals surface area contributed by atoms with E-state index in [1.807, 2.05) is 0 Å². The Bertz CT molecular complexity index is 956. The molecule has 2 unspecified atom stereocenters. The average molecular weight is 351 g/mol. The maximum absolute atomic E-state index is 2.46. The molecule has 6 rings (SSSR count). The highest BCUT2D eigenvalue weighted by molar-refractivity contribution is 5.52. The molecular weight excluding hydrogens is 324 g/mol. The molecule has 3 aromatic rings. The van der Waals surface area contributed by atoms with Gasteiger partial charge in [-0.2, -0.15) is 0 Å². The van der Waals surface area contributed by atoms with Crippen molar-refractivity contribution in [1.82, 2.24) is 0 Å². The SMILES string of the molecule is c1ccc2c(c1)CCC2C1(C2CCc3ccccc32)CCc2ccccc21. The van der Waals surface area contributed by atoms with E-state index in [4.69, 9.17) is 0 Å². The molecular formula is C27H26. The van der Waals surface area contributed by atoms with Gasteiger partial charge >= 0.3 is 0 Å². The molecule has 134 valence electrons. The summed E-state index contributed by atoms with van der Waals surface area (Å²) in [4.78, 5) is 0. The maximum Gasteiger partial charge on any atom is 0.00964 e. The van der Waals surface area contributed by atoms with E-state index in [1.165, 1.54) is 38.5 Å². The quantitative estimate of drug-likeness (QED) is 0.506. The van der Waals surface area contributed by atoms with E-state index in [0.717, 1.165) is 0 Å². The third-order valence-corrected chi connectivity index (χ3v) is 7.84. The van der Waals surface area contributed by atoms with Crippen molar-refractivity contribution in [3.8, 4) is 0 Å². The number of hydrogen-bond acceptors (Lipinski definition) is 0. The van der Waals surface area contributed by atoms with Crippen LogP contribution in [0.4, 0.5) is 0 Å². The molecule has 0 heteroatoms. The van der Waals surface area contributed by atoms with Crippen LogP contribution in [0.2, 0.25) is 0 Å². The molecule has 0 nitrogen and oxygen atoms in total. The molecule has 0 spiro atoms. The van der Waals surface area contributed by atoms with Crippen molar-refractivity contribution in [1.29, 1.82) is 0 Å². The maximum atomic E-state index is 2.46. The van der Waals surface area contributed by atoms with E-state index >= 15 is 0 Å². The fourth-order valence-electron chi connectivity index (χ4n) is 6.82. The van der Waals surface area contributed by atoms with Crippen LogP contribution in [-0.4, -0.2) is 0 Å². The Hall–Kier alpha value is -2.34. The van der Waals surface area contributed by atoms with E-state index in [9.17, 15) is 0 Å². The Balaban J connectivity index is 1.59. The molecule has 0 saturated carbocycles. The van der Waals surface area contributed by atoms with Crippen molar-refractivity contribution in [3.05, 3.63) is 106 Å². The van der Waals surface area contributed by atoms with Crippen LogP contribution in [0, 0.1) is 0 Å². The zero-order valence-electron chi connectivity index (χ0n) is 15.8. The zero-order valence-corrected chi connectivity index (χ0v) is 15.8. The van der Waals surface area contributed by atoms with E-state index < -0.39 is 0 Å². The van der Waals surface area contributed by atoms with Gasteiger partial charge in [0, 0.05) is 5.41 Å². The summed E-state index contributed by atoms with van der Waals surface area (Å²) in [6, 6.07) is 27.9. The van der Waals surface area contributed by atoms with Crippen LogP contribution < -0.4 is 0 Å². The van der Waals surface area contributed by atoms with Gasteiger partial charge in [0.25, 0.3) is 0 Å². The first-order valence-corrected chi connectivity index (χ1v) is 10.6. The lowest BCUT2D eigenvalue weighted by Crippen LogP contribution is -2.36. The van der Waals surface area contributed by atoms with E-state index in [2.05, 4.69) is 72.8 Å². The van der Waals surface area contributed by atoms with Gasteiger partial charge in [-0.25, -0.2) is 0 Å². The molecule has 0 amide bonds. The number of rotatable bonds is 2. The summed E-state index contributed by atoms with van der Waals surface area (Å²) < 4.78 is 0. The largest absolute Gasteiger partial charge is 0.0620 e. The van der Waals surface area contributed by atoms with Crippen LogP contribution in [0.25, 0.3) is 0 Å². The second kappa shape index (κ2) is 5.83. The lowest BCUT2D eigenvalue weighted by molar-refractivity contribution is 0.272. The Labute approximate surface area is 162 Å². The van der Waals surface area contributed by atoms with Gasteiger partial charge in [0.2, 0.25) is 0 Å². The summed E-state index contributed by atoms with van der Waals surface area (Å²) in [5.41, 5.74) is 10.0. The number of hydrogen-bond donors (Lipinski definition) is 0. The molecule has 3 aliphatic rings. The standard InChI is InChI=1S/C27H26/c1-4-10-22-19(7-1)13-15-25(22)27(18-17-21-9-3-6-12-24(21)27)26-16-14-20-8-2-5-11-23(20)26/h1-12,25-26H,13-18H2. The first-order valence-electron chi connectivity index (χ1n) is 10.6. The fraction of sp³-hybridized carbons (Fsp3) is 0.333. The van der Waals surface area contributed by atoms with Gasteiger partial charge in [-0.15, -0.1) is 0 Å². The Kier molecular flexibility index (Phi) is 3.39. The summed E-state index contributed by atoms with van der Waals surface area (Å²) in [6.45, 7) is 0. The molecule has 0 radical (unpaired) electrons. The highest BCUT2D eigenvalue weighted by atomic mass is 14.6. The van der Waals surface area contributed by atoms with E-state index in [1.54, 1.807) is 33.4 Å². The summed E-state index contributed by atoms with van der Waals surface area (Å²) >= 11 is 0. The lowest BCUT2D eigenvalue weighted by Gasteiger charge is -2.43. The van der Waals surface area contributed by atoms with Gasteiger partial charge in [-0.05, 0) is 83.7 Å². The second-order valence-electron chi connectivity index (χ2n) is 8.78. The molecule has 0 aliphatic heterocycles. The molecule has 27 heavy (non-hydrogen) atoms. The van der Waals surface area contributed by atoms with Crippen molar-refractivity contribution in [2.75, 3.05) is 0 Å². The predicted octanol–water partition coefficient (Wildman–Crippen LogP) is 6.33. The third kappa shape index (κ3) is 2.10. The summed E-state index contributed by atoms with van der Waals surface area (Å²) in [5.74, 6) is 1.32. The van der Waals surface area contributed by atoms with Crippen LogP contribution >= 0.6 is 0 Å². The van der Waals surface area contributed by atoms with Gasteiger partial charge < -0.3 is 0 Å². The molecule has 0 bridgehead atoms. The van der Waals surface area contributed by atoms with Gasteiger partial charge in [0.15, 0.2) is 0 Å². The fourth-order valence-corrected chi connectivity index (χ4v) is 6.82. The van der Waals surface area contributed by atoms with E-state index in [0.29, 0.717) is 11.8 Å². The predicted molar refractivity (Wildman–Crippen MR) is 111 cm³/mol. The highest BCUT2D eigenvalue weighted by Gasteiger charge is 2.53. The van der Waals surface area contributed by atoms with E-state index in [-0.39, 0.29) is 5.41 Å². The molecule has 3 aromatic carbocycles. The topological polar surface area (TPSA) is 0 Å². The van der Waals surface area contributed by atoms with Crippen molar-refractivity contribution in [3.63, 3.8) is 0 Å². The smallest absolute Gasteiger partial charge is 0.00964 e. The minimum Gasteiger partial charge on any atom is -0.0620 e. The van der Waals surface area contributed by atoms with Crippen LogP contribution in [0.15, 0.2) is 72.8 Å². The van der Waals surface area contributed by atoms with Crippen LogP contribution in [0.5, 0.6) is 0 Å². The molecule has 0 saturated heterocycles. The van der Waals surface area contributed by atoms with Crippen molar-refractivity contribution in [2.24, 2.45) is 0 Å². The van der Waals surface area contributed by atoms with Crippen molar-refractivity contribution >= 4 is 0 Å². The third-order valence-electron chi connectivity index (χ3n) is 7.84. The monoisotopic (exact) mass is 350 g/mol. The van der Waals surface area contributed by atoms with Gasteiger partial charge in [-0.3, -0.25) is 0 Å². The number of fused-ring (bicyclic) bond motifs is 3. The van der Waals surface area contributed by atoms with Gasteiger partial charge in [0.1, 0.15) is 0 Å². The first kappa shape index (κ1) is 15.7. The Morgan fingerprint density at radius 2 is 1.07 bits per heavy atom. The second-order valence-corrected chi connectivity index (χ2v) is 8.78. The van der Waals surface area contributed by atoms with Crippen LogP contribution in [-0.2, 0) is 24.7 Å². The molecule has 2 atom stereocenters.